The second-order valence-corrected chi connectivity index (χ2v) is 8.53. The Bertz CT molecular complexity index is 1170. The van der Waals surface area contributed by atoms with Crippen LogP contribution in [0.3, 0.4) is 0 Å². The van der Waals surface area contributed by atoms with Crippen molar-refractivity contribution >= 4 is 22.8 Å². The summed E-state index contributed by atoms with van der Waals surface area (Å²) in [6.45, 7) is 3.69. The van der Waals surface area contributed by atoms with Crippen molar-refractivity contribution in [1.29, 1.82) is 0 Å². The highest BCUT2D eigenvalue weighted by Crippen LogP contribution is 2.41. The van der Waals surface area contributed by atoms with Crippen LogP contribution in [0.5, 0.6) is 0 Å². The van der Waals surface area contributed by atoms with Gasteiger partial charge in [0.1, 0.15) is 34.3 Å². The molecule has 5 nitrogen and oxygen atoms in total. The summed E-state index contributed by atoms with van der Waals surface area (Å²) in [7, 11) is 0. The summed E-state index contributed by atoms with van der Waals surface area (Å²) in [5.74, 6) is 0.186. The Morgan fingerprint density at radius 1 is 1.14 bits per heavy atom. The van der Waals surface area contributed by atoms with E-state index in [1.54, 1.807) is 0 Å². The van der Waals surface area contributed by atoms with Gasteiger partial charge in [-0.05, 0) is 44.4 Å². The molecule has 2 aromatic heterocycles. The van der Waals surface area contributed by atoms with Crippen molar-refractivity contribution in [2.45, 2.75) is 45.6 Å². The van der Waals surface area contributed by atoms with Gasteiger partial charge in [-0.1, -0.05) is 6.07 Å². The number of ketones is 1. The van der Waals surface area contributed by atoms with E-state index < -0.39 is 17.7 Å². The van der Waals surface area contributed by atoms with Gasteiger partial charge in [-0.3, -0.25) is 14.4 Å². The summed E-state index contributed by atoms with van der Waals surface area (Å²) in [6.07, 6.45) is 2.24. The maximum absolute atomic E-state index is 14.8. The SMILES string of the molecule is Cc1nnc2n1-c1sc3c(c1C(c1c(F)cccc1F)=N[C@H]2C)CCCC(=O)C3. The van der Waals surface area contributed by atoms with Gasteiger partial charge in [0.25, 0.3) is 0 Å². The van der Waals surface area contributed by atoms with E-state index in [-0.39, 0.29) is 11.3 Å². The van der Waals surface area contributed by atoms with E-state index in [0.717, 1.165) is 15.4 Å². The maximum Gasteiger partial charge on any atom is 0.162 e. The molecule has 1 atom stereocenters. The number of carbonyl (C=O) groups is 1. The van der Waals surface area contributed by atoms with Crippen LogP contribution in [0, 0.1) is 18.6 Å². The Kier molecular flexibility index (Phi) is 4.20. The molecule has 0 unspecified atom stereocenters. The predicted molar refractivity (Wildman–Crippen MR) is 106 cm³/mol. The second-order valence-electron chi connectivity index (χ2n) is 7.44. The molecule has 2 aliphatic rings. The highest BCUT2D eigenvalue weighted by Gasteiger charge is 2.34. The third-order valence-electron chi connectivity index (χ3n) is 5.50. The second kappa shape index (κ2) is 6.66. The zero-order valence-corrected chi connectivity index (χ0v) is 16.8. The first-order valence-electron chi connectivity index (χ1n) is 9.56. The van der Waals surface area contributed by atoms with Gasteiger partial charge in [-0.2, -0.15) is 0 Å². The lowest BCUT2D eigenvalue weighted by atomic mass is 9.96. The Morgan fingerprint density at radius 2 is 1.90 bits per heavy atom. The number of aliphatic imine (C=N–C) groups is 1. The van der Waals surface area contributed by atoms with Crippen LogP contribution in [0.15, 0.2) is 23.2 Å². The third kappa shape index (κ3) is 2.77. The van der Waals surface area contributed by atoms with Crippen molar-refractivity contribution in [2.75, 3.05) is 0 Å². The highest BCUT2D eigenvalue weighted by atomic mass is 32.1. The number of halogens is 2. The van der Waals surface area contributed by atoms with Crippen molar-refractivity contribution in [3.63, 3.8) is 0 Å². The average Bonchev–Trinajstić information content (AvgIpc) is 3.11. The first-order valence-corrected chi connectivity index (χ1v) is 10.4. The summed E-state index contributed by atoms with van der Waals surface area (Å²) in [6, 6.07) is 3.42. The first kappa shape index (κ1) is 18.3. The summed E-state index contributed by atoms with van der Waals surface area (Å²) in [5, 5.41) is 9.25. The van der Waals surface area contributed by atoms with Crippen LogP contribution in [0.1, 0.15) is 59.0 Å². The molecule has 0 saturated carbocycles. The van der Waals surface area contributed by atoms with Crippen LogP contribution in [0.2, 0.25) is 0 Å². The number of thiophene rings is 1. The third-order valence-corrected chi connectivity index (χ3v) is 6.72. The zero-order valence-electron chi connectivity index (χ0n) is 16.0. The molecule has 5 rings (SSSR count). The van der Waals surface area contributed by atoms with Gasteiger partial charge in [0.05, 0.1) is 11.3 Å². The van der Waals surface area contributed by atoms with Crippen molar-refractivity contribution in [1.82, 2.24) is 14.8 Å². The van der Waals surface area contributed by atoms with E-state index in [2.05, 4.69) is 10.2 Å². The smallest absolute Gasteiger partial charge is 0.162 e. The number of carbonyl (C=O) groups excluding carboxylic acids is 1. The topological polar surface area (TPSA) is 60.1 Å². The molecule has 0 bridgehead atoms. The molecule has 3 heterocycles. The summed E-state index contributed by atoms with van der Waals surface area (Å²) < 4.78 is 31.5. The molecule has 29 heavy (non-hydrogen) atoms. The van der Waals surface area contributed by atoms with Crippen molar-refractivity contribution in [3.05, 3.63) is 63.0 Å². The summed E-state index contributed by atoms with van der Waals surface area (Å²) in [5.41, 5.74) is 1.83. The minimum Gasteiger partial charge on any atom is -0.299 e. The van der Waals surface area contributed by atoms with Gasteiger partial charge in [0, 0.05) is 23.3 Å². The lowest BCUT2D eigenvalue weighted by Gasteiger charge is -2.12. The number of aryl methyl sites for hydroxylation is 1. The molecule has 3 aromatic rings. The summed E-state index contributed by atoms with van der Waals surface area (Å²) in [4.78, 5) is 17.9. The zero-order chi connectivity index (χ0) is 20.3. The Hall–Kier alpha value is -2.74. The van der Waals surface area contributed by atoms with Crippen LogP contribution >= 0.6 is 11.3 Å². The van der Waals surface area contributed by atoms with Crippen molar-refractivity contribution < 1.29 is 13.6 Å². The molecule has 0 radical (unpaired) electrons. The lowest BCUT2D eigenvalue weighted by Crippen LogP contribution is -2.12. The molecule has 1 aliphatic heterocycles. The molecule has 148 valence electrons. The molecule has 1 aromatic carbocycles. The molecule has 0 spiro atoms. The van der Waals surface area contributed by atoms with Crippen molar-refractivity contribution in [2.24, 2.45) is 4.99 Å². The maximum atomic E-state index is 14.8. The van der Waals surface area contributed by atoms with Crippen LogP contribution in [-0.4, -0.2) is 26.3 Å². The van der Waals surface area contributed by atoms with E-state index in [4.69, 9.17) is 4.99 Å². The normalized spacial score (nSPS) is 18.4. The van der Waals surface area contributed by atoms with E-state index in [1.165, 1.54) is 29.5 Å². The van der Waals surface area contributed by atoms with Gasteiger partial charge in [0.2, 0.25) is 0 Å². The quantitative estimate of drug-likeness (QED) is 0.561. The molecule has 8 heteroatoms. The van der Waals surface area contributed by atoms with Crippen molar-refractivity contribution in [3.8, 4) is 5.00 Å². The molecule has 1 aliphatic carbocycles. The molecule has 0 fully saturated rings. The van der Waals surface area contributed by atoms with E-state index in [0.29, 0.717) is 48.6 Å². The number of rotatable bonds is 1. The Balaban J connectivity index is 1.87. The van der Waals surface area contributed by atoms with E-state index in [9.17, 15) is 13.6 Å². The number of Topliss-reactive ketones (excluding diaryl/α,β-unsaturated/α-hetero) is 1. The largest absolute Gasteiger partial charge is 0.299 e. The molecule has 0 N–H and O–H groups in total. The van der Waals surface area contributed by atoms with Crippen LogP contribution in [0.25, 0.3) is 5.00 Å². The minimum absolute atomic E-state index is 0.131. The number of fused-ring (bicyclic) bond motifs is 5. The van der Waals surface area contributed by atoms with Crippen LogP contribution < -0.4 is 0 Å². The fourth-order valence-electron chi connectivity index (χ4n) is 4.17. The Labute approximate surface area is 170 Å². The first-order chi connectivity index (χ1) is 14.0. The van der Waals surface area contributed by atoms with Gasteiger partial charge in [-0.15, -0.1) is 21.5 Å². The lowest BCUT2D eigenvalue weighted by molar-refractivity contribution is -0.118. The summed E-state index contributed by atoms with van der Waals surface area (Å²) >= 11 is 1.48. The van der Waals surface area contributed by atoms with Gasteiger partial charge < -0.3 is 0 Å². The molecule has 0 amide bonds. The number of hydrogen-bond acceptors (Lipinski definition) is 5. The number of benzene rings is 1. The molecular formula is C21H18F2N4OS. The fraction of sp³-hybridized carbons (Fsp3) is 0.333. The highest BCUT2D eigenvalue weighted by molar-refractivity contribution is 7.15. The molecule has 0 saturated heterocycles. The predicted octanol–water partition coefficient (Wildman–Crippen LogP) is 4.28. The monoisotopic (exact) mass is 412 g/mol. The Morgan fingerprint density at radius 3 is 2.66 bits per heavy atom. The number of hydrogen-bond donors (Lipinski definition) is 0. The van der Waals surface area contributed by atoms with Gasteiger partial charge in [-0.25, -0.2) is 8.78 Å². The standard InChI is InChI=1S/C21H18F2N4OS/c1-10-20-26-25-11(2)27(20)21-17(13-6-3-5-12(28)9-16(13)29-21)19(24-10)18-14(22)7-4-8-15(18)23/h4,7-8,10H,3,5-6,9H2,1-2H3/t10-/m0/s1. The van der Waals surface area contributed by atoms with Gasteiger partial charge in [0.15, 0.2) is 5.82 Å². The number of nitrogens with zero attached hydrogens (tertiary/aromatic N) is 4. The average molecular weight is 412 g/mol. The minimum atomic E-state index is -0.652. The van der Waals surface area contributed by atoms with Crippen LogP contribution in [0.4, 0.5) is 8.78 Å². The fourth-order valence-corrected chi connectivity index (χ4v) is 5.60. The van der Waals surface area contributed by atoms with Gasteiger partial charge >= 0.3 is 0 Å². The number of aromatic nitrogens is 3. The molecular weight excluding hydrogens is 394 g/mol. The van der Waals surface area contributed by atoms with Crippen LogP contribution in [-0.2, 0) is 17.6 Å². The van der Waals surface area contributed by atoms with E-state index in [1.807, 2.05) is 18.4 Å². The van der Waals surface area contributed by atoms with E-state index >= 15 is 0 Å².